The van der Waals surface area contributed by atoms with Crippen molar-refractivity contribution in [3.8, 4) is 23.8 Å². The third-order valence-corrected chi connectivity index (χ3v) is 6.18. The number of carbonyl (C=O) groups is 2. The van der Waals surface area contributed by atoms with Gasteiger partial charge >= 0.3 is 6.03 Å². The van der Waals surface area contributed by atoms with E-state index in [1.807, 2.05) is 0 Å². The third-order valence-electron chi connectivity index (χ3n) is 6.18. The predicted molar refractivity (Wildman–Crippen MR) is 132 cm³/mol. The molecule has 0 saturated carbocycles. The van der Waals surface area contributed by atoms with Crippen molar-refractivity contribution >= 4 is 40.0 Å². The second kappa shape index (κ2) is 8.99. The number of urea groups is 1. The number of ether oxygens (including phenoxy) is 2. The number of hydrogen-bond acceptors (Lipinski definition) is 6. The van der Waals surface area contributed by atoms with Crippen LogP contribution in [0.1, 0.15) is 18.4 Å². The number of likely N-dealkylation sites (tertiary alicyclic amines) is 1. The highest BCUT2D eigenvalue weighted by Crippen LogP contribution is 2.48. The standard InChI is InChI=1S/C26H23N5O4/c1-4-16-7-6-8-17(13-16)31-25-22-19(27-15-28-25)14-20(34-3)24(23(22)29-26(31)33)35-18-9-11-30(12-10-18)21(32)5-2/h1,5-8,13-15,18H,2,9-12H2,3H3,(H,29,33). The van der Waals surface area contributed by atoms with Crippen LogP contribution in [0.2, 0.25) is 0 Å². The van der Waals surface area contributed by atoms with Crippen LogP contribution in [-0.4, -0.2) is 53.1 Å². The minimum absolute atomic E-state index is 0.0927. The average Bonchev–Trinajstić information content (AvgIpc) is 2.90. The monoisotopic (exact) mass is 469 g/mol. The van der Waals surface area contributed by atoms with E-state index in [1.165, 1.54) is 24.4 Å². The molecule has 1 N–H and O–H groups in total. The lowest BCUT2D eigenvalue weighted by Crippen LogP contribution is -2.41. The Morgan fingerprint density at radius 3 is 2.80 bits per heavy atom. The number of rotatable bonds is 5. The van der Waals surface area contributed by atoms with Crippen molar-refractivity contribution < 1.29 is 19.1 Å². The smallest absolute Gasteiger partial charge is 0.332 e. The zero-order valence-corrected chi connectivity index (χ0v) is 19.2. The molecule has 0 radical (unpaired) electrons. The van der Waals surface area contributed by atoms with Crippen LogP contribution in [0.3, 0.4) is 0 Å². The molecule has 9 heteroatoms. The van der Waals surface area contributed by atoms with Crippen molar-refractivity contribution in [2.75, 3.05) is 30.4 Å². The molecule has 2 aromatic carbocycles. The van der Waals surface area contributed by atoms with Gasteiger partial charge in [-0.2, -0.15) is 0 Å². The summed E-state index contributed by atoms with van der Waals surface area (Å²) in [5, 5.41) is 3.58. The molecular weight excluding hydrogens is 446 g/mol. The van der Waals surface area contributed by atoms with E-state index < -0.39 is 6.03 Å². The van der Waals surface area contributed by atoms with E-state index in [0.717, 1.165) is 0 Å². The molecule has 176 valence electrons. The SMILES string of the molecule is C#Cc1cccc(N2C(=O)Nc3c(OC4CCN(C(=O)C=C)CC4)c(OC)cc4ncnc2c34)c1. The number of anilines is 3. The van der Waals surface area contributed by atoms with Gasteiger partial charge in [0.2, 0.25) is 5.91 Å². The van der Waals surface area contributed by atoms with E-state index in [0.29, 0.717) is 71.1 Å². The number of methoxy groups -OCH3 is 1. The maximum atomic E-state index is 13.3. The van der Waals surface area contributed by atoms with Crippen LogP contribution in [0.5, 0.6) is 11.5 Å². The van der Waals surface area contributed by atoms with Gasteiger partial charge in [0.1, 0.15) is 18.1 Å². The van der Waals surface area contributed by atoms with Gasteiger partial charge in [0.25, 0.3) is 0 Å². The Labute approximate surface area is 202 Å². The fraction of sp³-hybridized carbons (Fsp3) is 0.231. The second-order valence-corrected chi connectivity index (χ2v) is 8.18. The Morgan fingerprint density at radius 1 is 1.29 bits per heavy atom. The molecule has 0 aliphatic carbocycles. The zero-order chi connectivity index (χ0) is 24.5. The van der Waals surface area contributed by atoms with Crippen LogP contribution in [-0.2, 0) is 4.79 Å². The van der Waals surface area contributed by atoms with Gasteiger partial charge in [-0.1, -0.05) is 18.6 Å². The van der Waals surface area contributed by atoms with Crippen molar-refractivity contribution in [1.82, 2.24) is 14.9 Å². The van der Waals surface area contributed by atoms with Crippen LogP contribution in [0.15, 0.2) is 49.3 Å². The van der Waals surface area contributed by atoms with Crippen LogP contribution in [0.25, 0.3) is 10.9 Å². The zero-order valence-electron chi connectivity index (χ0n) is 19.2. The van der Waals surface area contributed by atoms with E-state index in [9.17, 15) is 9.59 Å². The van der Waals surface area contributed by atoms with Gasteiger partial charge in [0.15, 0.2) is 17.3 Å². The van der Waals surface area contributed by atoms with Crippen LogP contribution in [0, 0.1) is 12.3 Å². The Hall–Kier alpha value is -4.58. The molecule has 3 heterocycles. The molecule has 0 bridgehead atoms. The first-order chi connectivity index (χ1) is 17.0. The first kappa shape index (κ1) is 22.2. The highest BCUT2D eigenvalue weighted by molar-refractivity contribution is 6.21. The molecular formula is C26H23N5O4. The summed E-state index contributed by atoms with van der Waals surface area (Å²) >= 11 is 0. The molecule has 2 aliphatic heterocycles. The summed E-state index contributed by atoms with van der Waals surface area (Å²) < 4.78 is 12.0. The number of amides is 3. The van der Waals surface area contributed by atoms with E-state index in [2.05, 4.69) is 27.8 Å². The molecule has 3 aromatic rings. The first-order valence-corrected chi connectivity index (χ1v) is 11.2. The number of nitrogens with one attached hydrogen (secondary N) is 1. The molecule has 3 amide bonds. The number of terminal acetylenes is 1. The van der Waals surface area contributed by atoms with Crippen molar-refractivity contribution in [2.45, 2.75) is 18.9 Å². The Morgan fingerprint density at radius 2 is 2.09 bits per heavy atom. The van der Waals surface area contributed by atoms with Crippen molar-refractivity contribution in [2.24, 2.45) is 0 Å². The highest BCUT2D eigenvalue weighted by Gasteiger charge is 2.34. The summed E-state index contributed by atoms with van der Waals surface area (Å²) in [5.74, 6) is 3.78. The number of carbonyl (C=O) groups excluding carboxylic acids is 2. The summed E-state index contributed by atoms with van der Waals surface area (Å²) in [5.41, 5.74) is 2.28. The number of hydrogen-bond donors (Lipinski definition) is 1. The summed E-state index contributed by atoms with van der Waals surface area (Å²) in [4.78, 5) is 37.3. The summed E-state index contributed by atoms with van der Waals surface area (Å²) in [7, 11) is 1.54. The molecule has 1 fully saturated rings. The number of piperidine rings is 1. The maximum Gasteiger partial charge on any atom is 0.332 e. The number of aromatic nitrogens is 2. The molecule has 0 unspecified atom stereocenters. The van der Waals surface area contributed by atoms with Crippen molar-refractivity contribution in [3.05, 3.63) is 54.9 Å². The highest BCUT2D eigenvalue weighted by atomic mass is 16.5. The van der Waals surface area contributed by atoms with Gasteiger partial charge in [-0.25, -0.2) is 19.7 Å². The number of benzene rings is 2. The van der Waals surface area contributed by atoms with Gasteiger partial charge < -0.3 is 19.7 Å². The fourth-order valence-corrected chi connectivity index (χ4v) is 4.45. The molecule has 1 aromatic heterocycles. The van der Waals surface area contributed by atoms with Crippen molar-refractivity contribution in [3.63, 3.8) is 0 Å². The molecule has 5 rings (SSSR count). The lowest BCUT2D eigenvalue weighted by atomic mass is 10.1. The molecule has 0 spiro atoms. The van der Waals surface area contributed by atoms with Crippen LogP contribution >= 0.6 is 0 Å². The quantitative estimate of drug-likeness (QED) is 0.450. The second-order valence-electron chi connectivity index (χ2n) is 8.18. The Balaban J connectivity index is 1.56. The predicted octanol–water partition coefficient (Wildman–Crippen LogP) is 3.86. The van der Waals surface area contributed by atoms with Crippen LogP contribution in [0.4, 0.5) is 22.0 Å². The molecule has 0 atom stereocenters. The van der Waals surface area contributed by atoms with E-state index >= 15 is 0 Å². The summed E-state index contributed by atoms with van der Waals surface area (Å²) in [6.45, 7) is 4.66. The minimum Gasteiger partial charge on any atom is -0.493 e. The lowest BCUT2D eigenvalue weighted by Gasteiger charge is -2.34. The van der Waals surface area contributed by atoms with E-state index in [1.54, 1.807) is 35.2 Å². The molecule has 1 saturated heterocycles. The Kier molecular flexibility index (Phi) is 5.71. The van der Waals surface area contributed by atoms with Gasteiger partial charge in [0.05, 0.1) is 23.7 Å². The molecule has 9 nitrogen and oxygen atoms in total. The van der Waals surface area contributed by atoms with Gasteiger partial charge in [-0.3, -0.25) is 4.79 Å². The van der Waals surface area contributed by atoms with Gasteiger partial charge in [-0.15, -0.1) is 6.42 Å². The number of nitrogens with zero attached hydrogens (tertiary/aromatic N) is 4. The summed E-state index contributed by atoms with van der Waals surface area (Å²) in [6.07, 6.45) is 9.39. The average molecular weight is 470 g/mol. The minimum atomic E-state index is -0.406. The lowest BCUT2D eigenvalue weighted by molar-refractivity contribution is -0.127. The van der Waals surface area contributed by atoms with E-state index in [4.69, 9.17) is 15.9 Å². The Bertz CT molecular complexity index is 1390. The van der Waals surface area contributed by atoms with Crippen LogP contribution < -0.4 is 19.7 Å². The van der Waals surface area contributed by atoms with Gasteiger partial charge in [0, 0.05) is 37.6 Å². The normalized spacial score (nSPS) is 15.4. The topological polar surface area (TPSA) is 96.9 Å². The van der Waals surface area contributed by atoms with E-state index in [-0.39, 0.29) is 12.0 Å². The maximum absolute atomic E-state index is 13.3. The largest absolute Gasteiger partial charge is 0.493 e. The van der Waals surface area contributed by atoms with Crippen molar-refractivity contribution in [1.29, 1.82) is 0 Å². The molecule has 2 aliphatic rings. The fourth-order valence-electron chi connectivity index (χ4n) is 4.45. The van der Waals surface area contributed by atoms with Gasteiger partial charge in [-0.05, 0) is 24.3 Å². The molecule has 35 heavy (non-hydrogen) atoms. The third kappa shape index (κ3) is 3.89. The first-order valence-electron chi connectivity index (χ1n) is 11.2. The summed E-state index contributed by atoms with van der Waals surface area (Å²) in [6, 6.07) is 8.48.